The smallest absolute Gasteiger partial charge is 0.0957 e. The van der Waals surface area contributed by atoms with Gasteiger partial charge in [-0.05, 0) is 25.2 Å². The van der Waals surface area contributed by atoms with E-state index in [0.29, 0.717) is 0 Å². The van der Waals surface area contributed by atoms with Gasteiger partial charge in [0, 0.05) is 40.0 Å². The van der Waals surface area contributed by atoms with Gasteiger partial charge < -0.3 is 9.80 Å². The molecular formula is C13H26N4. The lowest BCUT2D eigenvalue weighted by atomic mass is 9.99. The third kappa shape index (κ3) is 4.75. The monoisotopic (exact) mass is 238 g/mol. The fraction of sp³-hybridized carbons (Fsp3) is 0.846. The van der Waals surface area contributed by atoms with Crippen molar-refractivity contribution in [1.29, 1.82) is 10.8 Å². The minimum Gasteiger partial charge on any atom is -0.364 e. The van der Waals surface area contributed by atoms with Crippen molar-refractivity contribution in [1.82, 2.24) is 9.80 Å². The Morgan fingerprint density at radius 2 is 1.65 bits per heavy atom. The number of rotatable bonds is 0. The lowest BCUT2D eigenvalue weighted by Gasteiger charge is -2.28. The summed E-state index contributed by atoms with van der Waals surface area (Å²) in [6.45, 7) is 4.36. The minimum absolute atomic E-state index is 0.730. The van der Waals surface area contributed by atoms with Gasteiger partial charge >= 0.3 is 0 Å². The van der Waals surface area contributed by atoms with Gasteiger partial charge in [-0.25, -0.2) is 0 Å². The van der Waals surface area contributed by atoms with Crippen molar-refractivity contribution >= 4 is 11.7 Å². The molecule has 2 heterocycles. The molecule has 2 saturated heterocycles. The molecule has 4 nitrogen and oxygen atoms in total. The van der Waals surface area contributed by atoms with E-state index in [1.165, 1.54) is 19.3 Å². The average molecular weight is 238 g/mol. The zero-order valence-corrected chi connectivity index (χ0v) is 11.4. The summed E-state index contributed by atoms with van der Waals surface area (Å²) in [5.74, 6) is 2.33. The van der Waals surface area contributed by atoms with E-state index < -0.39 is 0 Å². The van der Waals surface area contributed by atoms with Crippen LogP contribution in [0.25, 0.3) is 0 Å². The molecule has 2 N–H and O–H groups in total. The van der Waals surface area contributed by atoms with E-state index >= 15 is 0 Å². The normalized spacial score (nSPS) is 25.5. The summed E-state index contributed by atoms with van der Waals surface area (Å²) in [5, 5.41) is 14.8. The molecule has 0 aromatic carbocycles. The molecule has 0 spiro atoms. The molecule has 4 heteroatoms. The van der Waals surface area contributed by atoms with E-state index in [-0.39, 0.29) is 0 Å². The molecule has 98 valence electrons. The van der Waals surface area contributed by atoms with Gasteiger partial charge in [0.1, 0.15) is 0 Å². The summed E-state index contributed by atoms with van der Waals surface area (Å²) >= 11 is 0. The molecule has 1 atom stereocenters. The maximum atomic E-state index is 7.45. The van der Waals surface area contributed by atoms with Crippen molar-refractivity contribution in [3.8, 4) is 0 Å². The van der Waals surface area contributed by atoms with E-state index in [9.17, 15) is 0 Å². The Balaban J connectivity index is 0.000000171. The summed E-state index contributed by atoms with van der Waals surface area (Å²) < 4.78 is 0. The molecule has 2 rings (SSSR count). The second kappa shape index (κ2) is 6.62. The van der Waals surface area contributed by atoms with E-state index in [4.69, 9.17) is 10.8 Å². The van der Waals surface area contributed by atoms with Crippen molar-refractivity contribution in [2.24, 2.45) is 5.92 Å². The van der Waals surface area contributed by atoms with Crippen LogP contribution in [0, 0.1) is 16.7 Å². The maximum absolute atomic E-state index is 7.45. The minimum atomic E-state index is 0.730. The average Bonchev–Trinajstić information content (AvgIpc) is 2.29. The van der Waals surface area contributed by atoms with Crippen molar-refractivity contribution in [3.05, 3.63) is 0 Å². The predicted octanol–water partition coefficient (Wildman–Crippen LogP) is 2.40. The molecule has 0 amide bonds. The molecule has 2 aliphatic rings. The standard InChI is InChI=1S/C7H14N2.C6H12N2/c1-6-3-4-9(2)7(8)5-6;1-8-5-3-2-4-6(8)7/h6,8H,3-5H2,1-2H3;7H,2-5H2,1H3. The number of nitrogens with zero attached hydrogens (tertiary/aromatic N) is 2. The SMILES string of the molecule is CC1CCN(C)C(=N)C1.CN1CCCCC1=N. The van der Waals surface area contributed by atoms with Gasteiger partial charge in [0.05, 0.1) is 11.7 Å². The zero-order chi connectivity index (χ0) is 12.8. The van der Waals surface area contributed by atoms with Gasteiger partial charge in [-0.2, -0.15) is 0 Å². The number of piperidine rings is 2. The van der Waals surface area contributed by atoms with Crippen LogP contribution < -0.4 is 0 Å². The lowest BCUT2D eigenvalue weighted by molar-refractivity contribution is 0.366. The van der Waals surface area contributed by atoms with Crippen LogP contribution in [-0.4, -0.2) is 48.7 Å². The highest BCUT2D eigenvalue weighted by atomic mass is 15.1. The fourth-order valence-electron chi connectivity index (χ4n) is 2.10. The molecule has 2 aliphatic heterocycles. The maximum Gasteiger partial charge on any atom is 0.0957 e. The molecule has 0 saturated carbocycles. The van der Waals surface area contributed by atoms with Crippen molar-refractivity contribution < 1.29 is 0 Å². The van der Waals surface area contributed by atoms with Crippen molar-refractivity contribution in [2.45, 2.75) is 39.0 Å². The summed E-state index contributed by atoms with van der Waals surface area (Å²) in [5.41, 5.74) is 0. The Bertz CT molecular complexity index is 275. The largest absolute Gasteiger partial charge is 0.364 e. The van der Waals surface area contributed by atoms with E-state index in [2.05, 4.69) is 6.92 Å². The van der Waals surface area contributed by atoms with E-state index in [1.807, 2.05) is 23.9 Å². The Labute approximate surface area is 105 Å². The van der Waals surface area contributed by atoms with Crippen LogP contribution in [-0.2, 0) is 0 Å². The molecule has 2 fully saturated rings. The van der Waals surface area contributed by atoms with Crippen molar-refractivity contribution in [2.75, 3.05) is 27.2 Å². The number of hydrogen-bond donors (Lipinski definition) is 2. The first-order valence-electron chi connectivity index (χ1n) is 6.58. The fourth-order valence-corrected chi connectivity index (χ4v) is 2.10. The van der Waals surface area contributed by atoms with Crippen LogP contribution in [0.4, 0.5) is 0 Å². The molecule has 0 radical (unpaired) electrons. The van der Waals surface area contributed by atoms with Crippen molar-refractivity contribution in [3.63, 3.8) is 0 Å². The first-order valence-corrected chi connectivity index (χ1v) is 6.58. The quantitative estimate of drug-likeness (QED) is 0.681. The molecule has 1 unspecified atom stereocenters. The second-order valence-electron chi connectivity index (χ2n) is 5.29. The van der Waals surface area contributed by atoms with E-state index in [0.717, 1.165) is 43.5 Å². The molecule has 0 aromatic rings. The lowest BCUT2D eigenvalue weighted by Crippen LogP contribution is -2.34. The van der Waals surface area contributed by atoms with Crippen LogP contribution in [0.1, 0.15) is 39.0 Å². The number of hydrogen-bond acceptors (Lipinski definition) is 2. The Morgan fingerprint density at radius 1 is 1.00 bits per heavy atom. The van der Waals surface area contributed by atoms with Crippen LogP contribution in [0.2, 0.25) is 0 Å². The van der Waals surface area contributed by atoms with Crippen LogP contribution in [0.3, 0.4) is 0 Å². The first kappa shape index (κ1) is 14.0. The van der Waals surface area contributed by atoms with Gasteiger partial charge in [-0.15, -0.1) is 0 Å². The second-order valence-corrected chi connectivity index (χ2v) is 5.29. The molecule has 0 aliphatic carbocycles. The predicted molar refractivity (Wildman–Crippen MR) is 73.0 cm³/mol. The van der Waals surface area contributed by atoms with Gasteiger partial charge in [0.25, 0.3) is 0 Å². The topological polar surface area (TPSA) is 54.2 Å². The van der Waals surface area contributed by atoms with Crippen LogP contribution in [0.15, 0.2) is 0 Å². The van der Waals surface area contributed by atoms with E-state index in [1.54, 1.807) is 0 Å². The van der Waals surface area contributed by atoms with Gasteiger partial charge in [0.15, 0.2) is 0 Å². The Morgan fingerprint density at radius 3 is 2.06 bits per heavy atom. The summed E-state index contributed by atoms with van der Waals surface area (Å²) in [7, 11) is 3.98. The number of likely N-dealkylation sites (tertiary alicyclic amines) is 2. The summed E-state index contributed by atoms with van der Waals surface area (Å²) in [6.07, 6.45) is 5.67. The summed E-state index contributed by atoms with van der Waals surface area (Å²) in [4.78, 5) is 4.05. The molecular weight excluding hydrogens is 212 g/mol. The Hall–Kier alpha value is -1.06. The van der Waals surface area contributed by atoms with Crippen LogP contribution in [0.5, 0.6) is 0 Å². The third-order valence-electron chi connectivity index (χ3n) is 3.58. The number of amidine groups is 2. The van der Waals surface area contributed by atoms with Gasteiger partial charge in [-0.1, -0.05) is 6.92 Å². The van der Waals surface area contributed by atoms with Gasteiger partial charge in [-0.3, -0.25) is 10.8 Å². The first-order chi connectivity index (χ1) is 8.00. The highest BCUT2D eigenvalue weighted by molar-refractivity contribution is 5.79. The van der Waals surface area contributed by atoms with Gasteiger partial charge in [0.2, 0.25) is 0 Å². The third-order valence-corrected chi connectivity index (χ3v) is 3.58. The molecule has 0 aromatic heterocycles. The zero-order valence-electron chi connectivity index (χ0n) is 11.4. The highest BCUT2D eigenvalue weighted by Crippen LogP contribution is 2.15. The number of nitrogens with one attached hydrogen (secondary N) is 2. The molecule has 0 bridgehead atoms. The highest BCUT2D eigenvalue weighted by Gasteiger charge is 2.15. The Kier molecular flexibility index (Phi) is 5.45. The van der Waals surface area contributed by atoms with Crippen LogP contribution >= 0.6 is 0 Å². The molecule has 17 heavy (non-hydrogen) atoms. The summed E-state index contributed by atoms with van der Waals surface area (Å²) in [6, 6.07) is 0.